The molecule has 2 aromatic rings. The van der Waals surface area contributed by atoms with Gasteiger partial charge in [0.1, 0.15) is 29.0 Å². The lowest BCUT2D eigenvalue weighted by Gasteiger charge is -2.39. The van der Waals surface area contributed by atoms with E-state index in [0.29, 0.717) is 6.07 Å². The van der Waals surface area contributed by atoms with Gasteiger partial charge in [-0.2, -0.15) is 13.2 Å². The molecule has 0 spiro atoms. The number of alkyl halides is 3. The van der Waals surface area contributed by atoms with Crippen molar-refractivity contribution in [1.82, 2.24) is 15.2 Å². The van der Waals surface area contributed by atoms with E-state index in [-0.39, 0.29) is 36.0 Å². The zero-order chi connectivity index (χ0) is 29.0. The van der Waals surface area contributed by atoms with Gasteiger partial charge in [0.25, 0.3) is 5.91 Å². The highest BCUT2D eigenvalue weighted by molar-refractivity contribution is 6.30. The van der Waals surface area contributed by atoms with Gasteiger partial charge in [0.05, 0.1) is 10.6 Å². The summed E-state index contributed by atoms with van der Waals surface area (Å²) in [5.41, 5.74) is -1.90. The lowest BCUT2D eigenvalue weighted by molar-refractivity contribution is -0.137. The molecule has 0 radical (unpaired) electrons. The van der Waals surface area contributed by atoms with E-state index in [1.54, 1.807) is 20.8 Å². The van der Waals surface area contributed by atoms with Crippen LogP contribution in [-0.4, -0.2) is 58.6 Å². The third-order valence-corrected chi connectivity index (χ3v) is 5.78. The molecule has 1 aliphatic heterocycles. The van der Waals surface area contributed by atoms with Gasteiger partial charge in [-0.1, -0.05) is 11.6 Å². The first-order valence-corrected chi connectivity index (χ1v) is 12.2. The van der Waals surface area contributed by atoms with Crippen LogP contribution in [0.5, 0.6) is 5.75 Å². The van der Waals surface area contributed by atoms with Crippen molar-refractivity contribution in [2.45, 2.75) is 57.5 Å². The summed E-state index contributed by atoms with van der Waals surface area (Å²) in [6.45, 7) is 4.32. The van der Waals surface area contributed by atoms with Crippen LogP contribution in [0.3, 0.4) is 0 Å². The van der Waals surface area contributed by atoms with Crippen molar-refractivity contribution in [2.75, 3.05) is 18.5 Å². The monoisotopic (exact) mass is 574 g/mol. The average Bonchev–Trinajstić information content (AvgIpc) is 2.83. The number of hydrogen-bond donors (Lipinski definition) is 2. The van der Waals surface area contributed by atoms with Gasteiger partial charge in [-0.05, 0) is 57.9 Å². The standard InChI is InChI=1S/C25H27ClF4N4O5/c1-24(2,3)39-23(37)34-12-15(32-21(35)13-38-16-5-6-17(26)18(27)11-16)4-7-19(34)22(36)33-20-10-14(8-9-31-20)25(28,29)30/h5-6,8-11,15,19H,4,7,12-13H2,1-3H3,(H,32,35)(H,31,33,36)/t15-,19+/m0/s1. The van der Waals surface area contributed by atoms with E-state index in [4.69, 9.17) is 21.1 Å². The predicted molar refractivity (Wildman–Crippen MR) is 133 cm³/mol. The SMILES string of the molecule is CC(C)(C)OC(=O)N1C[C@@H](NC(=O)COc2ccc(Cl)c(F)c2)CC[C@@H]1C(=O)Nc1cc(C(F)(F)F)ccn1. The second-order valence-corrected chi connectivity index (χ2v) is 10.2. The summed E-state index contributed by atoms with van der Waals surface area (Å²) < 4.78 is 63.4. The predicted octanol–water partition coefficient (Wildman–Crippen LogP) is 4.79. The van der Waals surface area contributed by atoms with Crippen molar-refractivity contribution in [3.05, 3.63) is 52.9 Å². The Bertz CT molecular complexity index is 1220. The molecule has 2 atom stereocenters. The second kappa shape index (κ2) is 12.1. The summed E-state index contributed by atoms with van der Waals surface area (Å²) in [5, 5.41) is 4.92. The van der Waals surface area contributed by atoms with E-state index in [2.05, 4.69) is 15.6 Å². The van der Waals surface area contributed by atoms with Gasteiger partial charge in [0, 0.05) is 24.8 Å². The lowest BCUT2D eigenvalue weighted by Crippen LogP contribution is -2.58. The number of halogens is 5. The second-order valence-electron chi connectivity index (χ2n) is 9.77. The van der Waals surface area contributed by atoms with Crippen molar-refractivity contribution < 1.29 is 41.4 Å². The number of pyridine rings is 1. The van der Waals surface area contributed by atoms with E-state index in [9.17, 15) is 31.9 Å². The van der Waals surface area contributed by atoms with Gasteiger partial charge < -0.3 is 20.1 Å². The minimum absolute atomic E-state index is 0.0677. The number of likely N-dealkylation sites (tertiary alicyclic amines) is 1. The zero-order valence-electron chi connectivity index (χ0n) is 21.3. The van der Waals surface area contributed by atoms with E-state index in [1.807, 2.05) is 0 Å². The molecule has 1 aromatic carbocycles. The topological polar surface area (TPSA) is 110 Å². The summed E-state index contributed by atoms with van der Waals surface area (Å²) in [4.78, 5) is 43.3. The van der Waals surface area contributed by atoms with Crippen molar-refractivity contribution in [2.24, 2.45) is 0 Å². The third-order valence-electron chi connectivity index (χ3n) is 5.48. The van der Waals surface area contributed by atoms with Gasteiger partial charge in [0.2, 0.25) is 5.91 Å². The van der Waals surface area contributed by atoms with Crippen LogP contribution < -0.4 is 15.4 Å². The Kier molecular flexibility index (Phi) is 9.26. The Labute approximate surface area is 226 Å². The minimum Gasteiger partial charge on any atom is -0.484 e. The van der Waals surface area contributed by atoms with Gasteiger partial charge in [-0.25, -0.2) is 14.2 Å². The summed E-state index contributed by atoms with van der Waals surface area (Å²) in [6.07, 6.45) is -4.23. The molecule has 0 aliphatic carbocycles. The Hall–Kier alpha value is -3.61. The average molecular weight is 575 g/mol. The maximum Gasteiger partial charge on any atom is 0.416 e. The molecule has 3 rings (SSSR count). The molecule has 1 saturated heterocycles. The quantitative estimate of drug-likeness (QED) is 0.480. The first kappa shape index (κ1) is 29.9. The summed E-state index contributed by atoms with van der Waals surface area (Å²) >= 11 is 5.63. The summed E-state index contributed by atoms with van der Waals surface area (Å²) in [7, 11) is 0. The van der Waals surface area contributed by atoms with Crippen LogP contribution in [0, 0.1) is 5.82 Å². The summed E-state index contributed by atoms with van der Waals surface area (Å²) in [6, 6.07) is 3.47. The third kappa shape index (κ3) is 8.70. The molecule has 2 N–H and O–H groups in total. The fraction of sp³-hybridized carbons (Fsp3) is 0.440. The molecule has 212 valence electrons. The number of benzene rings is 1. The molecule has 1 aromatic heterocycles. The van der Waals surface area contributed by atoms with Crippen LogP contribution in [-0.2, 0) is 20.5 Å². The normalized spacial score (nSPS) is 17.8. The van der Waals surface area contributed by atoms with E-state index >= 15 is 0 Å². The highest BCUT2D eigenvalue weighted by Gasteiger charge is 2.39. The number of ether oxygens (including phenoxy) is 2. The molecule has 2 heterocycles. The number of anilines is 1. The molecular weight excluding hydrogens is 548 g/mol. The molecule has 0 bridgehead atoms. The highest BCUT2D eigenvalue weighted by Crippen LogP contribution is 2.30. The van der Waals surface area contributed by atoms with Crippen LogP contribution in [0.1, 0.15) is 39.2 Å². The maximum atomic E-state index is 13.6. The molecule has 3 amide bonds. The smallest absolute Gasteiger partial charge is 0.416 e. The van der Waals surface area contributed by atoms with Crippen molar-refractivity contribution >= 4 is 35.3 Å². The van der Waals surface area contributed by atoms with Crippen LogP contribution >= 0.6 is 11.6 Å². The number of aromatic nitrogens is 1. The Balaban J connectivity index is 1.68. The number of carbonyl (C=O) groups excluding carboxylic acids is 3. The number of carbonyl (C=O) groups is 3. The molecule has 1 fully saturated rings. The lowest BCUT2D eigenvalue weighted by atomic mass is 9.97. The van der Waals surface area contributed by atoms with Crippen LogP contribution in [0.25, 0.3) is 0 Å². The number of rotatable bonds is 6. The Morgan fingerprint density at radius 3 is 2.49 bits per heavy atom. The van der Waals surface area contributed by atoms with E-state index < -0.39 is 59.8 Å². The minimum atomic E-state index is -4.63. The molecule has 9 nitrogen and oxygen atoms in total. The first-order chi connectivity index (χ1) is 18.1. The van der Waals surface area contributed by atoms with Gasteiger partial charge in [-0.3, -0.25) is 14.5 Å². The largest absolute Gasteiger partial charge is 0.484 e. The maximum absolute atomic E-state index is 13.6. The molecule has 1 aliphatic rings. The Morgan fingerprint density at radius 1 is 1.13 bits per heavy atom. The Morgan fingerprint density at radius 2 is 1.85 bits per heavy atom. The molecule has 39 heavy (non-hydrogen) atoms. The van der Waals surface area contributed by atoms with E-state index in [1.165, 1.54) is 12.1 Å². The van der Waals surface area contributed by atoms with E-state index in [0.717, 1.165) is 23.2 Å². The van der Waals surface area contributed by atoms with Gasteiger partial charge >= 0.3 is 12.3 Å². The zero-order valence-corrected chi connectivity index (χ0v) is 22.0. The molecular formula is C25H27ClF4N4O5. The fourth-order valence-electron chi connectivity index (χ4n) is 3.75. The molecule has 0 unspecified atom stereocenters. The van der Waals surface area contributed by atoms with Crippen LogP contribution in [0.15, 0.2) is 36.5 Å². The molecule has 0 saturated carbocycles. The van der Waals surface area contributed by atoms with Gasteiger partial charge in [0.15, 0.2) is 6.61 Å². The first-order valence-electron chi connectivity index (χ1n) is 11.8. The number of nitrogens with one attached hydrogen (secondary N) is 2. The van der Waals surface area contributed by atoms with Crippen molar-refractivity contribution in [1.29, 1.82) is 0 Å². The van der Waals surface area contributed by atoms with Crippen molar-refractivity contribution in [3.8, 4) is 5.75 Å². The number of hydrogen-bond acceptors (Lipinski definition) is 6. The summed E-state index contributed by atoms with van der Waals surface area (Å²) in [5.74, 6) is -2.27. The van der Waals surface area contributed by atoms with Crippen molar-refractivity contribution in [3.63, 3.8) is 0 Å². The highest BCUT2D eigenvalue weighted by atomic mass is 35.5. The fourth-order valence-corrected chi connectivity index (χ4v) is 3.87. The molecule has 14 heteroatoms. The number of nitrogens with zero attached hydrogens (tertiary/aromatic N) is 2. The van der Waals surface area contributed by atoms with Crippen LogP contribution in [0.4, 0.5) is 28.2 Å². The number of amides is 3. The van der Waals surface area contributed by atoms with Gasteiger partial charge in [-0.15, -0.1) is 0 Å². The van der Waals surface area contributed by atoms with Crippen LogP contribution in [0.2, 0.25) is 5.02 Å². The number of piperidine rings is 1.